The average Bonchev–Trinajstić information content (AvgIpc) is 2.55. The lowest BCUT2D eigenvalue weighted by molar-refractivity contribution is -0.144. The fourth-order valence-electron chi connectivity index (χ4n) is 2.89. The monoisotopic (exact) mass is 285 g/mol. The van der Waals surface area contributed by atoms with Gasteiger partial charge in [-0.05, 0) is 73.3 Å². The highest BCUT2D eigenvalue weighted by Crippen LogP contribution is 2.15. The molecule has 118 valence electrons. The summed E-state index contributed by atoms with van der Waals surface area (Å²) in [5.74, 6) is -0.759. The van der Waals surface area contributed by atoms with Crippen LogP contribution in [0.2, 0.25) is 0 Å². The maximum atomic E-state index is 11.2. The van der Waals surface area contributed by atoms with E-state index in [1.54, 1.807) is 14.0 Å². The highest BCUT2D eigenvalue weighted by molar-refractivity contribution is 5.78. The molecule has 0 bridgehead atoms. The number of carboxylic acids is 1. The summed E-state index contributed by atoms with van der Waals surface area (Å²) in [5.41, 5.74) is -0.787. The second kappa shape index (κ2) is 7.96. The van der Waals surface area contributed by atoms with Crippen LogP contribution in [0, 0.1) is 0 Å². The smallest absolute Gasteiger partial charge is 0.323 e. The molecule has 1 fully saturated rings. The van der Waals surface area contributed by atoms with Crippen LogP contribution in [0.3, 0.4) is 0 Å². The third-order valence-corrected chi connectivity index (χ3v) is 4.58. The lowest BCUT2D eigenvalue weighted by Gasteiger charge is -2.29. The molecule has 1 heterocycles. The summed E-state index contributed by atoms with van der Waals surface area (Å²) in [7, 11) is 3.91. The Morgan fingerprint density at radius 2 is 2.10 bits per heavy atom. The summed E-state index contributed by atoms with van der Waals surface area (Å²) < 4.78 is 0. The van der Waals surface area contributed by atoms with Crippen LogP contribution in [0.1, 0.15) is 39.5 Å². The minimum atomic E-state index is -0.787. The molecule has 5 heteroatoms. The molecular weight excluding hydrogens is 254 g/mol. The first kappa shape index (κ1) is 17.4. The van der Waals surface area contributed by atoms with Crippen molar-refractivity contribution in [2.75, 3.05) is 40.3 Å². The quantitative estimate of drug-likeness (QED) is 0.689. The van der Waals surface area contributed by atoms with Gasteiger partial charge in [0.2, 0.25) is 0 Å². The molecule has 2 unspecified atom stereocenters. The van der Waals surface area contributed by atoms with Gasteiger partial charge in [-0.1, -0.05) is 0 Å². The van der Waals surface area contributed by atoms with Crippen molar-refractivity contribution in [3.05, 3.63) is 0 Å². The Morgan fingerprint density at radius 3 is 2.70 bits per heavy atom. The van der Waals surface area contributed by atoms with Crippen molar-refractivity contribution in [1.29, 1.82) is 0 Å². The van der Waals surface area contributed by atoms with Crippen LogP contribution >= 0.6 is 0 Å². The van der Waals surface area contributed by atoms with Gasteiger partial charge in [-0.25, -0.2) is 0 Å². The fraction of sp³-hybridized carbons (Fsp3) is 0.933. The molecule has 2 atom stereocenters. The van der Waals surface area contributed by atoms with Gasteiger partial charge >= 0.3 is 5.97 Å². The second-order valence-corrected chi connectivity index (χ2v) is 6.35. The van der Waals surface area contributed by atoms with Gasteiger partial charge in [0.25, 0.3) is 0 Å². The van der Waals surface area contributed by atoms with E-state index in [0.717, 1.165) is 32.5 Å². The van der Waals surface area contributed by atoms with Gasteiger partial charge < -0.3 is 15.3 Å². The molecule has 0 aromatic rings. The SMILES string of the molecule is CNC(C)(CCCCN1CCCN(C)CC1C)C(=O)O. The zero-order valence-corrected chi connectivity index (χ0v) is 13.5. The molecule has 0 aliphatic carbocycles. The van der Waals surface area contributed by atoms with Crippen molar-refractivity contribution in [3.8, 4) is 0 Å². The van der Waals surface area contributed by atoms with E-state index in [1.165, 1.54) is 13.0 Å². The van der Waals surface area contributed by atoms with Crippen molar-refractivity contribution in [1.82, 2.24) is 15.1 Å². The van der Waals surface area contributed by atoms with Crippen molar-refractivity contribution in [2.24, 2.45) is 0 Å². The normalized spacial score (nSPS) is 25.1. The molecule has 1 rings (SSSR count). The minimum absolute atomic E-state index is 0.595. The van der Waals surface area contributed by atoms with Gasteiger partial charge in [0.1, 0.15) is 5.54 Å². The zero-order valence-electron chi connectivity index (χ0n) is 13.5. The molecule has 1 saturated heterocycles. The van der Waals surface area contributed by atoms with Crippen molar-refractivity contribution in [2.45, 2.75) is 51.1 Å². The first-order valence-corrected chi connectivity index (χ1v) is 7.74. The molecule has 20 heavy (non-hydrogen) atoms. The number of hydrogen-bond donors (Lipinski definition) is 2. The Morgan fingerprint density at radius 1 is 1.40 bits per heavy atom. The number of hydrogen-bond acceptors (Lipinski definition) is 4. The standard InChI is InChI=1S/C15H31N3O2/c1-13-12-17(4)9-7-11-18(13)10-6-5-8-15(2,16-3)14(19)20/h13,16H,5-12H2,1-4H3,(H,19,20). The average molecular weight is 285 g/mol. The van der Waals surface area contributed by atoms with E-state index in [0.29, 0.717) is 12.5 Å². The number of nitrogens with one attached hydrogen (secondary N) is 1. The summed E-state index contributed by atoms with van der Waals surface area (Å²) in [5, 5.41) is 12.1. The number of carboxylic acid groups (broad SMARTS) is 1. The van der Waals surface area contributed by atoms with Crippen LogP contribution in [-0.4, -0.2) is 72.7 Å². The summed E-state index contributed by atoms with van der Waals surface area (Å²) in [6, 6.07) is 0.595. The Kier molecular flexibility index (Phi) is 6.92. The van der Waals surface area contributed by atoms with Gasteiger partial charge in [0.05, 0.1) is 0 Å². The first-order valence-electron chi connectivity index (χ1n) is 7.74. The third-order valence-electron chi connectivity index (χ3n) is 4.58. The Hall–Kier alpha value is -0.650. The van der Waals surface area contributed by atoms with Crippen LogP contribution in [0.5, 0.6) is 0 Å². The maximum Gasteiger partial charge on any atom is 0.323 e. The molecule has 1 aliphatic rings. The van der Waals surface area contributed by atoms with Crippen molar-refractivity contribution >= 4 is 5.97 Å². The number of carbonyl (C=O) groups is 1. The Bertz CT molecular complexity index is 311. The highest BCUT2D eigenvalue weighted by Gasteiger charge is 2.30. The molecule has 0 saturated carbocycles. The molecule has 2 N–H and O–H groups in total. The van der Waals surface area contributed by atoms with E-state index in [-0.39, 0.29) is 0 Å². The third kappa shape index (κ3) is 5.04. The maximum absolute atomic E-state index is 11.2. The van der Waals surface area contributed by atoms with Gasteiger partial charge in [-0.15, -0.1) is 0 Å². The summed E-state index contributed by atoms with van der Waals surface area (Å²) >= 11 is 0. The number of aliphatic carboxylic acids is 1. The first-order chi connectivity index (χ1) is 9.39. The van der Waals surface area contributed by atoms with Crippen LogP contribution < -0.4 is 5.32 Å². The molecule has 5 nitrogen and oxygen atoms in total. The molecule has 0 spiro atoms. The van der Waals surface area contributed by atoms with Gasteiger partial charge in [0.15, 0.2) is 0 Å². The largest absolute Gasteiger partial charge is 0.480 e. The van der Waals surface area contributed by atoms with Crippen LogP contribution in [0.4, 0.5) is 0 Å². The lowest BCUT2D eigenvalue weighted by Crippen LogP contribution is -2.47. The Labute approximate surface area is 123 Å². The van der Waals surface area contributed by atoms with Gasteiger partial charge in [0, 0.05) is 12.6 Å². The van der Waals surface area contributed by atoms with E-state index in [1.807, 2.05) is 0 Å². The molecule has 0 radical (unpaired) electrons. The van der Waals surface area contributed by atoms with E-state index < -0.39 is 11.5 Å². The minimum Gasteiger partial charge on any atom is -0.480 e. The van der Waals surface area contributed by atoms with E-state index in [9.17, 15) is 9.90 Å². The topological polar surface area (TPSA) is 55.8 Å². The summed E-state index contributed by atoms with van der Waals surface area (Å²) in [6.07, 6.45) is 3.92. The Balaban J connectivity index is 2.31. The van der Waals surface area contributed by atoms with E-state index in [4.69, 9.17) is 0 Å². The second-order valence-electron chi connectivity index (χ2n) is 6.35. The van der Waals surface area contributed by atoms with Crippen molar-refractivity contribution in [3.63, 3.8) is 0 Å². The van der Waals surface area contributed by atoms with Gasteiger partial charge in [-0.2, -0.15) is 0 Å². The molecule has 1 aliphatic heterocycles. The summed E-state index contributed by atoms with van der Waals surface area (Å²) in [6.45, 7) is 8.60. The van der Waals surface area contributed by atoms with Gasteiger partial charge in [-0.3, -0.25) is 9.69 Å². The molecular formula is C15H31N3O2. The number of rotatable bonds is 7. The van der Waals surface area contributed by atoms with E-state index in [2.05, 4.69) is 29.1 Å². The zero-order chi connectivity index (χ0) is 15.2. The van der Waals surface area contributed by atoms with Crippen LogP contribution in [0.15, 0.2) is 0 Å². The number of likely N-dealkylation sites (N-methyl/N-ethyl adjacent to an activating group) is 2. The van der Waals surface area contributed by atoms with Crippen LogP contribution in [-0.2, 0) is 4.79 Å². The summed E-state index contributed by atoms with van der Waals surface area (Å²) in [4.78, 5) is 16.1. The molecule has 0 amide bonds. The predicted molar refractivity (Wildman–Crippen MR) is 82.1 cm³/mol. The number of unbranched alkanes of at least 4 members (excludes halogenated alkanes) is 1. The van der Waals surface area contributed by atoms with Crippen LogP contribution in [0.25, 0.3) is 0 Å². The predicted octanol–water partition coefficient (Wildman–Crippen LogP) is 1.25. The lowest BCUT2D eigenvalue weighted by atomic mass is 9.95. The van der Waals surface area contributed by atoms with Crippen molar-refractivity contribution < 1.29 is 9.90 Å². The fourth-order valence-corrected chi connectivity index (χ4v) is 2.89. The number of nitrogens with zero attached hydrogens (tertiary/aromatic N) is 2. The molecule has 0 aromatic carbocycles. The van der Waals surface area contributed by atoms with E-state index >= 15 is 0 Å². The highest BCUT2D eigenvalue weighted by atomic mass is 16.4. The molecule has 0 aromatic heterocycles.